The molecule has 0 amide bonds. The Morgan fingerprint density at radius 2 is 2.10 bits per heavy atom. The first kappa shape index (κ1) is 16.5. The Hall–Kier alpha value is -1.54. The summed E-state index contributed by atoms with van der Waals surface area (Å²) in [6.07, 6.45) is 9.60. The minimum Gasteiger partial charge on any atom is -0.383 e. The van der Waals surface area contributed by atoms with Crippen molar-refractivity contribution in [2.75, 3.05) is 31.7 Å². The number of nitrogens with zero attached hydrogens (tertiary/aromatic N) is 1. The third-order valence-electron chi connectivity index (χ3n) is 3.31. The van der Waals surface area contributed by atoms with Crippen LogP contribution in [0.3, 0.4) is 0 Å². The number of hydrogen-bond donors (Lipinski definition) is 0. The van der Waals surface area contributed by atoms with Crippen LogP contribution in [0.2, 0.25) is 0 Å². The number of allylic oxidation sites excluding steroid dienone is 2. The third kappa shape index (κ3) is 5.62. The molecule has 0 fully saturated rings. The van der Waals surface area contributed by atoms with Crippen molar-refractivity contribution in [3.8, 4) is 0 Å². The van der Waals surface area contributed by atoms with Crippen LogP contribution in [0.1, 0.15) is 25.3 Å². The Kier molecular flexibility index (Phi) is 8.48. The fraction of sp³-hybridized carbons (Fsp3) is 0.444. The molecule has 0 N–H and O–H groups in total. The minimum absolute atomic E-state index is 0.749. The van der Waals surface area contributed by atoms with E-state index in [0.717, 1.165) is 39.0 Å². The summed E-state index contributed by atoms with van der Waals surface area (Å²) in [6.45, 7) is 8.45. The molecule has 0 aromatic heterocycles. The molecule has 2 nitrogen and oxygen atoms in total. The van der Waals surface area contributed by atoms with Crippen LogP contribution in [0.5, 0.6) is 0 Å². The van der Waals surface area contributed by atoms with Crippen molar-refractivity contribution in [1.82, 2.24) is 0 Å². The lowest BCUT2D eigenvalue weighted by Gasteiger charge is -2.26. The lowest BCUT2D eigenvalue weighted by molar-refractivity contribution is 0.205. The predicted octanol–water partition coefficient (Wildman–Crippen LogP) is 4.22. The first-order valence-electron chi connectivity index (χ1n) is 7.37. The van der Waals surface area contributed by atoms with Crippen LogP contribution in [0.4, 0.5) is 5.69 Å². The molecular formula is C18H27NO. The maximum Gasteiger partial charge on any atom is 0.0637 e. The highest BCUT2D eigenvalue weighted by Crippen LogP contribution is 2.22. The standard InChI is InChI=1S/C18H27NO/c1-4-6-8-11-17-12-9-10-13-18(17)19(14-7-5-2)15-16-20-3/h4-5,7,9-10,12-13H,1,6,8,11,14-16H2,2-3H3/b7-5-. The molecule has 0 bridgehead atoms. The molecule has 0 saturated heterocycles. The lowest BCUT2D eigenvalue weighted by Crippen LogP contribution is -2.28. The highest BCUT2D eigenvalue weighted by Gasteiger charge is 2.09. The summed E-state index contributed by atoms with van der Waals surface area (Å²) in [5.41, 5.74) is 2.74. The van der Waals surface area contributed by atoms with Crippen molar-refractivity contribution in [2.45, 2.75) is 26.2 Å². The number of anilines is 1. The first-order chi connectivity index (χ1) is 9.83. The number of benzene rings is 1. The van der Waals surface area contributed by atoms with Gasteiger partial charge in [-0.3, -0.25) is 0 Å². The van der Waals surface area contributed by atoms with Crippen molar-refractivity contribution >= 4 is 5.69 Å². The second kappa shape index (κ2) is 10.3. The lowest BCUT2D eigenvalue weighted by atomic mass is 10.0. The van der Waals surface area contributed by atoms with E-state index < -0.39 is 0 Å². The monoisotopic (exact) mass is 273 g/mol. The molecule has 0 heterocycles. The van der Waals surface area contributed by atoms with Gasteiger partial charge in [-0.2, -0.15) is 0 Å². The molecule has 1 aromatic rings. The largest absolute Gasteiger partial charge is 0.383 e. The van der Waals surface area contributed by atoms with Gasteiger partial charge in [-0.15, -0.1) is 6.58 Å². The van der Waals surface area contributed by atoms with E-state index in [-0.39, 0.29) is 0 Å². The first-order valence-corrected chi connectivity index (χ1v) is 7.37. The van der Waals surface area contributed by atoms with E-state index >= 15 is 0 Å². The molecule has 2 heteroatoms. The molecule has 0 saturated carbocycles. The molecule has 20 heavy (non-hydrogen) atoms. The Labute approximate surface area is 123 Å². The normalized spacial score (nSPS) is 10.9. The predicted molar refractivity (Wildman–Crippen MR) is 88.5 cm³/mol. The summed E-state index contributed by atoms with van der Waals surface area (Å²) in [7, 11) is 1.75. The second-order valence-corrected chi connectivity index (χ2v) is 4.82. The van der Waals surface area contributed by atoms with Crippen molar-refractivity contribution in [3.05, 3.63) is 54.6 Å². The fourth-order valence-corrected chi connectivity index (χ4v) is 2.21. The van der Waals surface area contributed by atoms with Gasteiger partial charge in [0, 0.05) is 25.9 Å². The van der Waals surface area contributed by atoms with Crippen molar-refractivity contribution in [3.63, 3.8) is 0 Å². The SMILES string of the molecule is C=CCCCc1ccccc1N(C/C=C\C)CCOC. The van der Waals surface area contributed by atoms with Gasteiger partial charge in [0.15, 0.2) is 0 Å². The number of hydrogen-bond acceptors (Lipinski definition) is 2. The molecule has 0 atom stereocenters. The van der Waals surface area contributed by atoms with E-state index in [2.05, 4.69) is 54.8 Å². The van der Waals surface area contributed by atoms with Gasteiger partial charge in [0.2, 0.25) is 0 Å². The molecule has 0 radical (unpaired) electrons. The molecule has 0 spiro atoms. The maximum atomic E-state index is 5.23. The summed E-state index contributed by atoms with van der Waals surface area (Å²) in [4.78, 5) is 2.38. The van der Waals surface area contributed by atoms with Crippen molar-refractivity contribution in [1.29, 1.82) is 0 Å². The second-order valence-electron chi connectivity index (χ2n) is 4.82. The van der Waals surface area contributed by atoms with Crippen LogP contribution in [0.15, 0.2) is 49.1 Å². The Balaban J connectivity index is 2.83. The van der Waals surface area contributed by atoms with Gasteiger partial charge in [-0.05, 0) is 37.8 Å². The van der Waals surface area contributed by atoms with E-state index in [1.165, 1.54) is 11.3 Å². The fourth-order valence-electron chi connectivity index (χ4n) is 2.21. The smallest absolute Gasteiger partial charge is 0.0637 e. The summed E-state index contributed by atoms with van der Waals surface area (Å²) in [6, 6.07) is 8.68. The highest BCUT2D eigenvalue weighted by atomic mass is 16.5. The molecule has 0 unspecified atom stereocenters. The molecule has 0 aliphatic heterocycles. The molecular weight excluding hydrogens is 246 g/mol. The Morgan fingerprint density at radius 3 is 2.80 bits per heavy atom. The molecule has 0 aliphatic rings. The van der Waals surface area contributed by atoms with E-state index in [4.69, 9.17) is 4.74 Å². The Bertz CT molecular complexity index is 412. The number of methoxy groups -OCH3 is 1. The number of rotatable bonds is 10. The average molecular weight is 273 g/mol. The van der Waals surface area contributed by atoms with Crippen LogP contribution in [-0.2, 0) is 11.2 Å². The number of para-hydroxylation sites is 1. The quantitative estimate of drug-likeness (QED) is 0.467. The van der Waals surface area contributed by atoms with Crippen LogP contribution in [-0.4, -0.2) is 26.8 Å². The Morgan fingerprint density at radius 1 is 1.30 bits per heavy atom. The number of unbranched alkanes of at least 4 members (excludes halogenated alkanes) is 1. The van der Waals surface area contributed by atoms with E-state index in [1.807, 2.05) is 6.08 Å². The van der Waals surface area contributed by atoms with Gasteiger partial charge in [0.05, 0.1) is 6.61 Å². The summed E-state index contributed by atoms with van der Waals surface area (Å²) < 4.78 is 5.23. The van der Waals surface area contributed by atoms with Gasteiger partial charge in [-0.1, -0.05) is 36.4 Å². The van der Waals surface area contributed by atoms with E-state index in [0.29, 0.717) is 0 Å². The number of aryl methyl sites for hydroxylation is 1. The molecule has 110 valence electrons. The topological polar surface area (TPSA) is 12.5 Å². The van der Waals surface area contributed by atoms with Crippen LogP contribution in [0.25, 0.3) is 0 Å². The van der Waals surface area contributed by atoms with E-state index in [9.17, 15) is 0 Å². The molecule has 1 rings (SSSR count). The molecule has 1 aromatic carbocycles. The van der Waals surface area contributed by atoms with Gasteiger partial charge in [0.1, 0.15) is 0 Å². The van der Waals surface area contributed by atoms with Gasteiger partial charge in [0.25, 0.3) is 0 Å². The zero-order chi connectivity index (χ0) is 14.6. The van der Waals surface area contributed by atoms with Gasteiger partial charge >= 0.3 is 0 Å². The number of ether oxygens (including phenoxy) is 1. The minimum atomic E-state index is 0.749. The average Bonchev–Trinajstić information content (AvgIpc) is 2.48. The van der Waals surface area contributed by atoms with Crippen LogP contribution in [0, 0.1) is 0 Å². The zero-order valence-electron chi connectivity index (χ0n) is 12.8. The van der Waals surface area contributed by atoms with Crippen molar-refractivity contribution in [2.24, 2.45) is 0 Å². The van der Waals surface area contributed by atoms with E-state index in [1.54, 1.807) is 7.11 Å². The molecule has 0 aliphatic carbocycles. The summed E-state index contributed by atoms with van der Waals surface area (Å²) in [5, 5.41) is 0. The highest BCUT2D eigenvalue weighted by molar-refractivity contribution is 5.54. The van der Waals surface area contributed by atoms with Crippen LogP contribution >= 0.6 is 0 Å². The third-order valence-corrected chi connectivity index (χ3v) is 3.31. The maximum absolute atomic E-state index is 5.23. The summed E-state index contributed by atoms with van der Waals surface area (Å²) in [5.74, 6) is 0. The zero-order valence-corrected chi connectivity index (χ0v) is 12.8. The van der Waals surface area contributed by atoms with Crippen LogP contribution < -0.4 is 4.90 Å². The summed E-state index contributed by atoms with van der Waals surface area (Å²) >= 11 is 0. The van der Waals surface area contributed by atoms with Crippen molar-refractivity contribution < 1.29 is 4.74 Å². The van der Waals surface area contributed by atoms with Gasteiger partial charge in [-0.25, -0.2) is 0 Å². The van der Waals surface area contributed by atoms with Gasteiger partial charge < -0.3 is 9.64 Å².